The van der Waals surface area contributed by atoms with Gasteiger partial charge in [-0.3, -0.25) is 24.0 Å². The topological polar surface area (TPSA) is 98.5 Å². The number of thiazole rings is 1. The highest BCUT2D eigenvalue weighted by atomic mass is 32.2. The second-order valence-corrected chi connectivity index (χ2v) is 13.4. The van der Waals surface area contributed by atoms with E-state index in [1.807, 2.05) is 61.5 Å². The van der Waals surface area contributed by atoms with Crippen molar-refractivity contribution in [2.24, 2.45) is 7.05 Å². The van der Waals surface area contributed by atoms with Gasteiger partial charge in [-0.15, -0.1) is 11.3 Å². The third kappa shape index (κ3) is 5.89. The van der Waals surface area contributed by atoms with Crippen LogP contribution in [0.2, 0.25) is 0 Å². The minimum Gasteiger partial charge on any atom is -0.497 e. The fraction of sp³-hybridized carbons (Fsp3) is 0.294. The van der Waals surface area contributed by atoms with E-state index in [1.54, 1.807) is 47.8 Å². The number of carbonyl (C=O) groups is 2. The molecule has 0 spiro atoms. The Morgan fingerprint density at radius 1 is 1.00 bits per heavy atom. The lowest BCUT2D eigenvalue weighted by Gasteiger charge is -2.44. The number of benzene rings is 3. The minimum atomic E-state index is -1.26. The van der Waals surface area contributed by atoms with Crippen molar-refractivity contribution in [1.82, 2.24) is 14.3 Å². The summed E-state index contributed by atoms with van der Waals surface area (Å²) in [5, 5.41) is 3.07. The van der Waals surface area contributed by atoms with Crippen LogP contribution in [0.4, 0.5) is 11.4 Å². The highest BCUT2D eigenvalue weighted by molar-refractivity contribution is 8.01. The molecular weight excluding hydrogens is 607 g/mol. The molecule has 0 bridgehead atoms. The van der Waals surface area contributed by atoms with Gasteiger partial charge in [-0.25, -0.2) is 9.67 Å². The predicted octanol–water partition coefficient (Wildman–Crippen LogP) is 6.57. The molecule has 9 nitrogen and oxygen atoms in total. The molecule has 0 atom stereocenters. The molecule has 11 heteroatoms. The van der Waals surface area contributed by atoms with Crippen LogP contribution in [0.1, 0.15) is 37.8 Å². The van der Waals surface area contributed by atoms with E-state index in [2.05, 4.69) is 5.32 Å². The SMILES string of the molecule is COc1ccc(NC(=O)C2(N(C(=O)CSc3nc4ccccc4s3)c3c(C)n(C)n(-c4ccccc4)c3=O)CCCCC2)cc1. The zero-order valence-corrected chi connectivity index (χ0v) is 27.1. The summed E-state index contributed by atoms with van der Waals surface area (Å²) in [6.45, 7) is 1.83. The summed E-state index contributed by atoms with van der Waals surface area (Å²) in [7, 11) is 3.39. The number of anilines is 2. The van der Waals surface area contributed by atoms with Gasteiger partial charge in [0.25, 0.3) is 11.5 Å². The number of ether oxygens (including phenoxy) is 1. The van der Waals surface area contributed by atoms with Gasteiger partial charge in [0.05, 0.1) is 34.5 Å². The molecule has 2 aromatic heterocycles. The molecule has 1 fully saturated rings. The van der Waals surface area contributed by atoms with Gasteiger partial charge in [0.2, 0.25) is 5.91 Å². The maximum Gasteiger partial charge on any atom is 0.295 e. The van der Waals surface area contributed by atoms with Crippen molar-refractivity contribution in [1.29, 1.82) is 0 Å². The van der Waals surface area contributed by atoms with Crippen LogP contribution < -0.4 is 20.5 Å². The quantitative estimate of drug-likeness (QED) is 0.183. The van der Waals surface area contributed by atoms with Crippen LogP contribution in [0.5, 0.6) is 5.75 Å². The normalized spacial score (nSPS) is 14.3. The molecule has 45 heavy (non-hydrogen) atoms. The van der Waals surface area contributed by atoms with Crippen LogP contribution in [-0.2, 0) is 16.6 Å². The van der Waals surface area contributed by atoms with E-state index < -0.39 is 5.54 Å². The lowest BCUT2D eigenvalue weighted by atomic mass is 9.78. The zero-order chi connectivity index (χ0) is 31.6. The summed E-state index contributed by atoms with van der Waals surface area (Å²) in [6.07, 6.45) is 3.33. The first-order chi connectivity index (χ1) is 21.8. The van der Waals surface area contributed by atoms with Crippen molar-refractivity contribution in [3.8, 4) is 11.4 Å². The van der Waals surface area contributed by atoms with Crippen LogP contribution in [0.3, 0.4) is 0 Å². The molecule has 6 rings (SSSR count). The van der Waals surface area contributed by atoms with Crippen molar-refractivity contribution in [3.05, 3.63) is 94.9 Å². The zero-order valence-electron chi connectivity index (χ0n) is 25.5. The lowest BCUT2D eigenvalue weighted by Crippen LogP contribution is -2.62. The van der Waals surface area contributed by atoms with Gasteiger partial charge < -0.3 is 10.1 Å². The van der Waals surface area contributed by atoms with E-state index in [1.165, 1.54) is 28.0 Å². The second-order valence-electron chi connectivity index (χ2n) is 11.2. The van der Waals surface area contributed by atoms with Crippen LogP contribution in [0.25, 0.3) is 15.9 Å². The number of nitrogens with one attached hydrogen (secondary N) is 1. The third-order valence-corrected chi connectivity index (χ3v) is 10.6. The fourth-order valence-corrected chi connectivity index (χ4v) is 8.02. The molecule has 0 radical (unpaired) electrons. The molecule has 3 aromatic carbocycles. The van der Waals surface area contributed by atoms with E-state index in [-0.39, 0.29) is 28.8 Å². The van der Waals surface area contributed by atoms with Gasteiger partial charge in [-0.1, -0.05) is 61.4 Å². The largest absolute Gasteiger partial charge is 0.497 e. The van der Waals surface area contributed by atoms with Crippen molar-refractivity contribution in [3.63, 3.8) is 0 Å². The van der Waals surface area contributed by atoms with E-state index in [9.17, 15) is 14.4 Å². The number of hydrogen-bond donors (Lipinski definition) is 1. The number of methoxy groups -OCH3 is 1. The molecule has 1 saturated carbocycles. The molecule has 0 aliphatic heterocycles. The van der Waals surface area contributed by atoms with Gasteiger partial charge in [0, 0.05) is 12.7 Å². The maximum atomic E-state index is 14.6. The molecule has 0 unspecified atom stereocenters. The summed E-state index contributed by atoms with van der Waals surface area (Å²) in [6, 6.07) is 24.3. The first kappa shape index (κ1) is 30.7. The Morgan fingerprint density at radius 2 is 1.69 bits per heavy atom. The van der Waals surface area contributed by atoms with Crippen molar-refractivity contribution in [2.45, 2.75) is 48.9 Å². The maximum absolute atomic E-state index is 14.6. The van der Waals surface area contributed by atoms with Crippen molar-refractivity contribution < 1.29 is 14.3 Å². The number of hydrogen-bond acceptors (Lipinski definition) is 7. The van der Waals surface area contributed by atoms with Gasteiger partial charge in [-0.2, -0.15) is 0 Å². The number of amides is 2. The highest BCUT2D eigenvalue weighted by Crippen LogP contribution is 2.40. The Morgan fingerprint density at radius 3 is 2.38 bits per heavy atom. The average molecular weight is 642 g/mol. The number of carbonyl (C=O) groups excluding carboxylic acids is 2. The smallest absolute Gasteiger partial charge is 0.295 e. The monoisotopic (exact) mass is 641 g/mol. The Bertz CT molecular complexity index is 1860. The van der Waals surface area contributed by atoms with Gasteiger partial charge in [-0.05, 0) is 68.3 Å². The predicted molar refractivity (Wildman–Crippen MR) is 181 cm³/mol. The summed E-state index contributed by atoms with van der Waals surface area (Å²) >= 11 is 2.86. The summed E-state index contributed by atoms with van der Waals surface area (Å²) in [5.74, 6) is 0.0818. The van der Waals surface area contributed by atoms with Crippen molar-refractivity contribution in [2.75, 3.05) is 23.1 Å². The fourth-order valence-electron chi connectivity index (χ4n) is 6.10. The number of aromatic nitrogens is 3. The van der Waals surface area contributed by atoms with Gasteiger partial charge >= 0.3 is 0 Å². The van der Waals surface area contributed by atoms with Crippen molar-refractivity contribution >= 4 is 56.5 Å². The molecule has 2 amide bonds. The molecule has 5 aromatic rings. The summed E-state index contributed by atoms with van der Waals surface area (Å²) < 4.78 is 10.4. The summed E-state index contributed by atoms with van der Waals surface area (Å²) in [4.78, 5) is 49.6. The Labute approximate surface area is 269 Å². The minimum absolute atomic E-state index is 0.0243. The number of fused-ring (bicyclic) bond motifs is 1. The Balaban J connectivity index is 1.44. The van der Waals surface area contributed by atoms with E-state index >= 15 is 0 Å². The number of rotatable bonds is 9. The van der Waals surface area contributed by atoms with Gasteiger partial charge in [0.1, 0.15) is 17.0 Å². The average Bonchev–Trinajstić information content (AvgIpc) is 3.58. The lowest BCUT2D eigenvalue weighted by molar-refractivity contribution is -0.127. The third-order valence-electron chi connectivity index (χ3n) is 8.47. The number of thioether (sulfide) groups is 1. The highest BCUT2D eigenvalue weighted by Gasteiger charge is 2.49. The number of para-hydroxylation sites is 2. The van der Waals surface area contributed by atoms with Crippen LogP contribution in [-0.4, -0.2) is 44.6 Å². The Kier molecular flexibility index (Phi) is 8.82. The van der Waals surface area contributed by atoms with Crippen LogP contribution in [0, 0.1) is 6.92 Å². The first-order valence-corrected chi connectivity index (χ1v) is 16.7. The van der Waals surface area contributed by atoms with E-state index in [0.717, 1.165) is 33.8 Å². The second kappa shape index (κ2) is 12.9. The van der Waals surface area contributed by atoms with Gasteiger partial charge in [0.15, 0.2) is 4.34 Å². The van der Waals surface area contributed by atoms with E-state index in [4.69, 9.17) is 9.72 Å². The number of nitrogens with zero attached hydrogens (tertiary/aromatic N) is 4. The molecule has 232 valence electrons. The molecule has 0 saturated heterocycles. The van der Waals surface area contributed by atoms with Crippen LogP contribution >= 0.6 is 23.1 Å². The standard InChI is InChI=1S/C34H35N5O4S2/c1-23-30(31(41)39(37(23)2)25-12-6-4-7-13-25)38(29(40)22-44-33-36-27-14-8-9-15-28(27)45-33)34(20-10-5-11-21-34)32(42)35-24-16-18-26(43-3)19-17-24/h4,6-9,12-19H,5,10-11,20-22H2,1-3H3,(H,35,42). The first-order valence-electron chi connectivity index (χ1n) is 14.9. The van der Waals surface area contributed by atoms with Crippen LogP contribution in [0.15, 0.2) is 88.0 Å². The molecule has 1 N–H and O–H groups in total. The molecular formula is C34H35N5O4S2. The molecule has 1 aliphatic rings. The summed E-state index contributed by atoms with van der Waals surface area (Å²) in [5.41, 5.74) is 1.36. The molecule has 1 aliphatic carbocycles. The Hall–Kier alpha value is -4.35. The molecule has 2 heterocycles. The van der Waals surface area contributed by atoms with E-state index in [0.29, 0.717) is 35.7 Å².